The van der Waals surface area contributed by atoms with Crippen molar-refractivity contribution in [1.29, 1.82) is 0 Å². The lowest BCUT2D eigenvalue weighted by Gasteiger charge is -2.03. The van der Waals surface area contributed by atoms with E-state index in [4.69, 9.17) is 23.2 Å². The van der Waals surface area contributed by atoms with E-state index in [0.29, 0.717) is 0 Å². The SMILES string of the molecule is NOC(=O)C(C(=O)c1ccccc1)=C(Cl)Cl. The fraction of sp³-hybridized carbons (Fsp3) is 0. The minimum atomic E-state index is -1.08. The fourth-order valence-electron chi connectivity index (χ4n) is 1.05. The maximum absolute atomic E-state index is 11.8. The molecule has 16 heavy (non-hydrogen) atoms. The third-order valence-electron chi connectivity index (χ3n) is 1.76. The highest BCUT2D eigenvalue weighted by Crippen LogP contribution is 2.19. The molecule has 6 heteroatoms. The van der Waals surface area contributed by atoms with Crippen molar-refractivity contribution in [3.63, 3.8) is 0 Å². The van der Waals surface area contributed by atoms with Gasteiger partial charge >= 0.3 is 5.97 Å². The van der Waals surface area contributed by atoms with Gasteiger partial charge in [0.25, 0.3) is 0 Å². The van der Waals surface area contributed by atoms with Crippen LogP contribution in [0.2, 0.25) is 0 Å². The molecule has 4 nitrogen and oxygen atoms in total. The number of nitrogens with two attached hydrogens (primary N) is 1. The number of Topliss-reactive ketones (excluding diaryl/α,β-unsaturated/α-hetero) is 1. The summed E-state index contributed by atoms with van der Waals surface area (Å²) in [5.41, 5.74) is -0.223. The standard InChI is InChI=1S/C10H7Cl2NO3/c11-9(12)7(10(15)16-13)8(14)6-4-2-1-3-5-6/h1-5H,13H2. The molecule has 0 saturated carbocycles. The largest absolute Gasteiger partial charge is 0.369 e. The van der Waals surface area contributed by atoms with Crippen molar-refractivity contribution in [3.05, 3.63) is 46.0 Å². The summed E-state index contributed by atoms with van der Waals surface area (Å²) < 4.78 is -0.482. The zero-order chi connectivity index (χ0) is 12.1. The van der Waals surface area contributed by atoms with Crippen LogP contribution in [0.25, 0.3) is 0 Å². The number of carbonyl (C=O) groups excluding carboxylic acids is 2. The zero-order valence-electron chi connectivity index (χ0n) is 7.94. The van der Waals surface area contributed by atoms with E-state index in [1.165, 1.54) is 12.1 Å². The van der Waals surface area contributed by atoms with Crippen LogP contribution >= 0.6 is 23.2 Å². The van der Waals surface area contributed by atoms with Gasteiger partial charge in [-0.05, 0) is 0 Å². The molecule has 0 bridgehead atoms. The van der Waals surface area contributed by atoms with E-state index in [2.05, 4.69) is 10.7 Å². The second kappa shape index (κ2) is 5.65. The molecule has 0 fully saturated rings. The van der Waals surface area contributed by atoms with E-state index >= 15 is 0 Å². The van der Waals surface area contributed by atoms with E-state index in [-0.39, 0.29) is 5.56 Å². The van der Waals surface area contributed by atoms with Crippen LogP contribution in [0.15, 0.2) is 40.4 Å². The van der Waals surface area contributed by atoms with Crippen molar-refractivity contribution in [3.8, 4) is 0 Å². The summed E-state index contributed by atoms with van der Waals surface area (Å²) in [6.45, 7) is 0. The molecule has 0 atom stereocenters. The summed E-state index contributed by atoms with van der Waals surface area (Å²) in [6.07, 6.45) is 0. The highest BCUT2D eigenvalue weighted by Gasteiger charge is 2.24. The van der Waals surface area contributed by atoms with Crippen LogP contribution in [0, 0.1) is 0 Å². The Kier molecular flexibility index (Phi) is 4.49. The van der Waals surface area contributed by atoms with E-state index in [1.807, 2.05) is 0 Å². The third-order valence-corrected chi connectivity index (χ3v) is 2.14. The minimum Gasteiger partial charge on any atom is -0.369 e. The molecule has 0 saturated heterocycles. The van der Waals surface area contributed by atoms with Gasteiger partial charge in [-0.25, -0.2) is 4.79 Å². The molecule has 1 aromatic carbocycles. The Morgan fingerprint density at radius 3 is 2.12 bits per heavy atom. The number of hydrogen-bond acceptors (Lipinski definition) is 4. The highest BCUT2D eigenvalue weighted by atomic mass is 35.5. The number of hydrogen-bond donors (Lipinski definition) is 1. The van der Waals surface area contributed by atoms with Gasteiger partial charge in [0.05, 0.1) is 0 Å². The van der Waals surface area contributed by atoms with Gasteiger partial charge in [-0.1, -0.05) is 53.5 Å². The van der Waals surface area contributed by atoms with Crippen molar-refractivity contribution in [1.82, 2.24) is 0 Å². The minimum absolute atomic E-state index is 0.265. The Morgan fingerprint density at radius 2 is 1.69 bits per heavy atom. The summed E-state index contributed by atoms with van der Waals surface area (Å²) >= 11 is 10.9. The zero-order valence-corrected chi connectivity index (χ0v) is 9.46. The van der Waals surface area contributed by atoms with E-state index < -0.39 is 21.8 Å². The highest BCUT2D eigenvalue weighted by molar-refractivity contribution is 6.59. The topological polar surface area (TPSA) is 69.4 Å². The van der Waals surface area contributed by atoms with Gasteiger partial charge in [-0.15, -0.1) is 0 Å². The van der Waals surface area contributed by atoms with Crippen LogP contribution in [-0.4, -0.2) is 11.8 Å². The smallest absolute Gasteiger partial charge is 0.363 e. The lowest BCUT2D eigenvalue weighted by Crippen LogP contribution is -2.19. The predicted octanol–water partition coefficient (Wildman–Crippen LogP) is 1.98. The number of rotatable bonds is 3. The van der Waals surface area contributed by atoms with Gasteiger partial charge in [0.15, 0.2) is 0 Å². The third kappa shape index (κ3) is 2.82. The van der Waals surface area contributed by atoms with Crippen LogP contribution < -0.4 is 5.90 Å². The van der Waals surface area contributed by atoms with Crippen molar-refractivity contribution < 1.29 is 14.4 Å². The number of carbonyl (C=O) groups is 2. The first kappa shape index (κ1) is 12.7. The van der Waals surface area contributed by atoms with Gasteiger partial charge in [0, 0.05) is 5.56 Å². The first-order chi connectivity index (χ1) is 7.57. The van der Waals surface area contributed by atoms with Crippen LogP contribution in [0.3, 0.4) is 0 Å². The first-order valence-corrected chi connectivity index (χ1v) is 4.89. The molecule has 84 valence electrons. The lowest BCUT2D eigenvalue weighted by molar-refractivity contribution is -0.139. The van der Waals surface area contributed by atoms with Crippen molar-refractivity contribution in [2.45, 2.75) is 0 Å². The number of halogens is 2. The van der Waals surface area contributed by atoms with Crippen LogP contribution in [-0.2, 0) is 9.63 Å². The van der Waals surface area contributed by atoms with Gasteiger partial charge in [0.2, 0.25) is 5.78 Å². The molecule has 0 aliphatic rings. The number of benzene rings is 1. The Morgan fingerprint density at radius 1 is 1.12 bits per heavy atom. The molecule has 0 aromatic heterocycles. The molecule has 1 aromatic rings. The van der Waals surface area contributed by atoms with Gasteiger partial charge in [-0.3, -0.25) is 4.79 Å². The molecule has 0 aliphatic heterocycles. The average Bonchev–Trinajstić information content (AvgIpc) is 2.29. The monoisotopic (exact) mass is 259 g/mol. The Labute approximate surface area is 102 Å². The summed E-state index contributed by atoms with van der Waals surface area (Å²) in [5.74, 6) is 2.96. The molecule has 0 heterocycles. The molecule has 1 rings (SSSR count). The first-order valence-electron chi connectivity index (χ1n) is 4.14. The molecule has 0 amide bonds. The van der Waals surface area contributed by atoms with Crippen molar-refractivity contribution in [2.24, 2.45) is 5.90 Å². The maximum Gasteiger partial charge on any atom is 0.363 e. The van der Waals surface area contributed by atoms with Gasteiger partial charge < -0.3 is 4.84 Å². The van der Waals surface area contributed by atoms with E-state index in [9.17, 15) is 9.59 Å². The predicted molar refractivity (Wildman–Crippen MR) is 59.8 cm³/mol. The fourth-order valence-corrected chi connectivity index (χ4v) is 1.37. The molecule has 0 radical (unpaired) electrons. The molecule has 0 spiro atoms. The quantitative estimate of drug-likeness (QED) is 0.296. The van der Waals surface area contributed by atoms with E-state index in [0.717, 1.165) is 0 Å². The maximum atomic E-state index is 11.8. The Bertz CT molecular complexity index is 439. The van der Waals surface area contributed by atoms with Crippen LogP contribution in [0.1, 0.15) is 10.4 Å². The van der Waals surface area contributed by atoms with Crippen molar-refractivity contribution in [2.75, 3.05) is 0 Å². The summed E-state index contributed by atoms with van der Waals surface area (Å²) in [4.78, 5) is 26.9. The summed E-state index contributed by atoms with van der Waals surface area (Å²) in [6, 6.07) is 8.04. The lowest BCUT2D eigenvalue weighted by atomic mass is 10.1. The molecular formula is C10H7Cl2NO3. The summed E-state index contributed by atoms with van der Waals surface area (Å²) in [7, 11) is 0. The van der Waals surface area contributed by atoms with E-state index in [1.54, 1.807) is 18.2 Å². The molecular weight excluding hydrogens is 253 g/mol. The second-order valence-electron chi connectivity index (χ2n) is 2.74. The van der Waals surface area contributed by atoms with Gasteiger partial charge in [0.1, 0.15) is 10.1 Å². The summed E-state index contributed by atoms with van der Waals surface area (Å²) in [5, 5.41) is 0. The van der Waals surface area contributed by atoms with Crippen LogP contribution in [0.4, 0.5) is 0 Å². The molecule has 0 unspecified atom stereocenters. The Balaban J connectivity index is 3.13. The normalized spacial score (nSPS) is 9.44. The van der Waals surface area contributed by atoms with Crippen molar-refractivity contribution >= 4 is 35.0 Å². The molecule has 2 N–H and O–H groups in total. The average molecular weight is 260 g/mol. The number of ketones is 1. The van der Waals surface area contributed by atoms with Crippen LogP contribution in [0.5, 0.6) is 0 Å². The van der Waals surface area contributed by atoms with Gasteiger partial charge in [-0.2, -0.15) is 5.90 Å². The molecule has 0 aliphatic carbocycles. The Hall–Kier alpha value is -1.36. The second-order valence-corrected chi connectivity index (χ2v) is 3.69.